The Morgan fingerprint density at radius 1 is 1.12 bits per heavy atom. The Hall–Kier alpha value is -4.19. The fourth-order valence-corrected chi connectivity index (χ4v) is 5.93. The first-order chi connectivity index (χ1) is 20.0. The van der Waals surface area contributed by atoms with E-state index in [2.05, 4.69) is 10.3 Å². The molecule has 1 heterocycles. The molecule has 0 atom stereocenters. The van der Waals surface area contributed by atoms with E-state index in [4.69, 9.17) is 5.14 Å². The zero-order valence-corrected chi connectivity index (χ0v) is 24.4. The molecule has 3 aromatic carbocycles. The highest BCUT2D eigenvalue weighted by Crippen LogP contribution is 2.38. The van der Waals surface area contributed by atoms with Crippen LogP contribution in [-0.2, 0) is 16.4 Å². The highest BCUT2D eigenvalue weighted by Gasteiger charge is 2.27. The summed E-state index contributed by atoms with van der Waals surface area (Å²) >= 11 is 1.17. The van der Waals surface area contributed by atoms with E-state index < -0.39 is 16.0 Å². The van der Waals surface area contributed by atoms with Crippen molar-refractivity contribution in [2.24, 2.45) is 11.1 Å². The number of halogens is 1. The van der Waals surface area contributed by atoms with Crippen molar-refractivity contribution >= 4 is 38.2 Å². The molecule has 42 heavy (non-hydrogen) atoms. The SMILES string of the molecule is Cc1cc(C(=N)/C(Cc2ccc(S(N)(=O)=O)cc2)=C(/CC2CC2)Nc2nc(C(=O)O)cs2)cc(-c2cccc(F)c2)c1. The number of hydrogen-bond acceptors (Lipinski definition) is 7. The Kier molecular flexibility index (Phi) is 8.35. The number of thiazole rings is 1. The van der Waals surface area contributed by atoms with Crippen LogP contribution in [0, 0.1) is 24.1 Å². The summed E-state index contributed by atoms with van der Waals surface area (Å²) in [6, 6.07) is 18.2. The van der Waals surface area contributed by atoms with Crippen LogP contribution < -0.4 is 10.5 Å². The third-order valence-electron chi connectivity index (χ3n) is 6.99. The maximum absolute atomic E-state index is 14.0. The molecule has 11 heteroatoms. The highest BCUT2D eigenvalue weighted by molar-refractivity contribution is 7.89. The van der Waals surface area contributed by atoms with Crippen LogP contribution in [0.2, 0.25) is 0 Å². The van der Waals surface area contributed by atoms with Crippen molar-refractivity contribution in [1.29, 1.82) is 5.41 Å². The van der Waals surface area contributed by atoms with Gasteiger partial charge in [0.25, 0.3) is 0 Å². The summed E-state index contributed by atoms with van der Waals surface area (Å²) in [6.07, 6.45) is 3.01. The summed E-state index contributed by atoms with van der Waals surface area (Å²) in [6.45, 7) is 1.92. The van der Waals surface area contributed by atoms with Crippen LogP contribution >= 0.6 is 11.3 Å². The topological polar surface area (TPSA) is 146 Å². The number of allylic oxidation sites excluding steroid dienone is 2. The maximum Gasteiger partial charge on any atom is 0.355 e. The van der Waals surface area contributed by atoms with Crippen LogP contribution in [0.3, 0.4) is 0 Å². The van der Waals surface area contributed by atoms with Crippen LogP contribution in [0.1, 0.15) is 46.4 Å². The minimum atomic E-state index is -3.86. The number of aromatic nitrogens is 1. The summed E-state index contributed by atoms with van der Waals surface area (Å²) < 4.78 is 37.6. The van der Waals surface area contributed by atoms with Crippen molar-refractivity contribution in [3.8, 4) is 11.1 Å². The number of hydrogen-bond donors (Lipinski definition) is 4. The van der Waals surface area contributed by atoms with Gasteiger partial charge in [-0.15, -0.1) is 11.3 Å². The van der Waals surface area contributed by atoms with Gasteiger partial charge in [0.2, 0.25) is 10.0 Å². The molecule has 5 rings (SSSR count). The second-order valence-corrected chi connectivity index (χ2v) is 12.8. The van der Waals surface area contributed by atoms with E-state index in [-0.39, 0.29) is 22.1 Å². The molecular weight excluding hydrogens is 575 g/mol. The first-order valence-electron chi connectivity index (χ1n) is 13.2. The number of nitrogens with zero attached hydrogens (tertiary/aromatic N) is 1. The van der Waals surface area contributed by atoms with Crippen LogP contribution in [0.15, 0.2) is 88.3 Å². The Morgan fingerprint density at radius 2 is 1.86 bits per heavy atom. The van der Waals surface area contributed by atoms with Crippen LogP contribution in [0.25, 0.3) is 11.1 Å². The second-order valence-electron chi connectivity index (χ2n) is 10.4. The summed E-state index contributed by atoms with van der Waals surface area (Å²) in [5.41, 5.74) is 5.34. The lowest BCUT2D eigenvalue weighted by Crippen LogP contribution is -2.16. The number of sulfonamides is 1. The maximum atomic E-state index is 14.0. The van der Waals surface area contributed by atoms with Crippen molar-refractivity contribution in [2.75, 3.05) is 5.32 Å². The molecule has 0 amide bonds. The summed E-state index contributed by atoms with van der Waals surface area (Å²) in [5.74, 6) is -1.06. The van der Waals surface area contributed by atoms with Gasteiger partial charge in [-0.3, -0.25) is 5.41 Å². The predicted molar refractivity (Wildman–Crippen MR) is 162 cm³/mol. The average molecular weight is 605 g/mol. The number of carboxylic acid groups (broad SMARTS) is 1. The number of aromatic carboxylic acids is 1. The smallest absolute Gasteiger partial charge is 0.355 e. The van der Waals surface area contributed by atoms with Crippen LogP contribution in [0.4, 0.5) is 9.52 Å². The lowest BCUT2D eigenvalue weighted by molar-refractivity contribution is 0.0691. The quantitative estimate of drug-likeness (QED) is 0.146. The van der Waals surface area contributed by atoms with Gasteiger partial charge in [-0.05, 0) is 90.8 Å². The van der Waals surface area contributed by atoms with Gasteiger partial charge < -0.3 is 10.4 Å². The van der Waals surface area contributed by atoms with E-state index in [1.54, 1.807) is 18.2 Å². The number of anilines is 1. The van der Waals surface area contributed by atoms with E-state index in [0.29, 0.717) is 40.6 Å². The molecule has 216 valence electrons. The number of nitrogens with one attached hydrogen (secondary N) is 2. The zero-order valence-electron chi connectivity index (χ0n) is 22.7. The molecule has 0 unspecified atom stereocenters. The third kappa shape index (κ3) is 7.17. The largest absolute Gasteiger partial charge is 0.476 e. The van der Waals surface area contributed by atoms with Gasteiger partial charge in [-0.1, -0.05) is 30.3 Å². The molecule has 0 bridgehead atoms. The van der Waals surface area contributed by atoms with Gasteiger partial charge in [0.15, 0.2) is 10.8 Å². The van der Waals surface area contributed by atoms with Crippen molar-refractivity contribution in [3.05, 3.63) is 112 Å². The standard InChI is InChI=1S/C31H29FN4O4S2/c1-18-11-22(21-3-2-4-24(32)16-21)15-23(12-18)29(33)26(13-19-7-9-25(10-8-19)42(34,39)40)27(14-20-5-6-20)35-31-36-28(17-41-31)30(37)38/h2-4,7-12,15-17,20,33H,5-6,13-14H2,1H3,(H,35,36)(H,37,38)(H2,34,39,40)/b27-26-,33-29?. The Bertz CT molecular complexity index is 1810. The molecule has 1 aromatic heterocycles. The molecule has 0 spiro atoms. The molecular formula is C31H29FN4O4S2. The van der Waals surface area contributed by atoms with E-state index in [1.165, 1.54) is 41.0 Å². The first-order valence-corrected chi connectivity index (χ1v) is 15.7. The molecule has 0 saturated heterocycles. The molecule has 8 nitrogen and oxygen atoms in total. The van der Waals surface area contributed by atoms with Gasteiger partial charge >= 0.3 is 5.97 Å². The average Bonchev–Trinajstić information content (AvgIpc) is 3.63. The van der Waals surface area contributed by atoms with Crippen molar-refractivity contribution < 1.29 is 22.7 Å². The molecule has 1 aliphatic rings. The number of rotatable bonds is 11. The second kappa shape index (κ2) is 12.0. The Labute approximate surface area is 247 Å². The molecule has 4 aromatic rings. The summed E-state index contributed by atoms with van der Waals surface area (Å²) in [7, 11) is -3.86. The minimum Gasteiger partial charge on any atom is -0.476 e. The lowest BCUT2D eigenvalue weighted by Gasteiger charge is -2.19. The van der Waals surface area contributed by atoms with E-state index in [1.807, 2.05) is 31.2 Å². The normalized spacial score (nSPS) is 13.9. The molecule has 1 aliphatic carbocycles. The van der Waals surface area contributed by atoms with Crippen LogP contribution in [0.5, 0.6) is 0 Å². The zero-order chi connectivity index (χ0) is 30.0. The van der Waals surface area contributed by atoms with Gasteiger partial charge in [-0.25, -0.2) is 27.7 Å². The van der Waals surface area contributed by atoms with Gasteiger partial charge in [0, 0.05) is 28.6 Å². The molecule has 0 radical (unpaired) electrons. The summed E-state index contributed by atoms with van der Waals surface area (Å²) in [5, 5.41) is 29.2. The monoisotopic (exact) mass is 604 g/mol. The molecule has 5 N–H and O–H groups in total. The predicted octanol–water partition coefficient (Wildman–Crippen LogP) is 6.38. The Morgan fingerprint density at radius 3 is 2.48 bits per heavy atom. The number of primary sulfonamides is 1. The number of benzene rings is 3. The minimum absolute atomic E-state index is 0.00871. The molecule has 1 fully saturated rings. The fraction of sp³-hybridized carbons (Fsp3) is 0.194. The number of carbonyl (C=O) groups is 1. The third-order valence-corrected chi connectivity index (χ3v) is 8.68. The number of nitrogens with two attached hydrogens (primary N) is 1. The highest BCUT2D eigenvalue weighted by atomic mass is 32.2. The molecule has 0 aliphatic heterocycles. The van der Waals surface area contributed by atoms with E-state index in [9.17, 15) is 28.1 Å². The van der Waals surface area contributed by atoms with Gasteiger partial charge in [0.05, 0.1) is 10.6 Å². The Balaban J connectivity index is 1.60. The fourth-order valence-electron chi connectivity index (χ4n) is 4.70. The van der Waals surface area contributed by atoms with E-state index >= 15 is 0 Å². The van der Waals surface area contributed by atoms with Crippen molar-refractivity contribution in [3.63, 3.8) is 0 Å². The van der Waals surface area contributed by atoms with E-state index in [0.717, 1.165) is 35.2 Å². The first kappa shape index (κ1) is 29.3. The van der Waals surface area contributed by atoms with Crippen molar-refractivity contribution in [1.82, 2.24) is 4.98 Å². The number of aryl methyl sites for hydroxylation is 1. The lowest BCUT2D eigenvalue weighted by atomic mass is 9.90. The van der Waals surface area contributed by atoms with Gasteiger partial charge in [0.1, 0.15) is 5.82 Å². The van der Waals surface area contributed by atoms with Crippen molar-refractivity contribution in [2.45, 2.75) is 37.5 Å². The summed E-state index contributed by atoms with van der Waals surface area (Å²) in [4.78, 5) is 15.6. The van der Waals surface area contributed by atoms with Crippen LogP contribution in [-0.4, -0.2) is 30.2 Å². The number of carboxylic acids is 1. The van der Waals surface area contributed by atoms with Gasteiger partial charge in [-0.2, -0.15) is 0 Å². The molecule has 1 saturated carbocycles.